The van der Waals surface area contributed by atoms with Crippen LogP contribution >= 0.6 is 11.6 Å². The van der Waals surface area contributed by atoms with E-state index in [2.05, 4.69) is 0 Å². The molecule has 1 aliphatic heterocycles. The van der Waals surface area contributed by atoms with Crippen molar-refractivity contribution in [2.75, 3.05) is 26.2 Å². The van der Waals surface area contributed by atoms with Crippen LogP contribution in [-0.4, -0.2) is 49.7 Å². The van der Waals surface area contributed by atoms with Gasteiger partial charge in [0.2, 0.25) is 15.9 Å². The van der Waals surface area contributed by atoms with E-state index < -0.39 is 10.0 Å². The van der Waals surface area contributed by atoms with E-state index in [1.165, 1.54) is 10.4 Å². The molecule has 0 spiro atoms. The Morgan fingerprint density at radius 2 is 1.54 bits per heavy atom. The van der Waals surface area contributed by atoms with Gasteiger partial charge in [0.15, 0.2) is 0 Å². The van der Waals surface area contributed by atoms with E-state index >= 15 is 0 Å². The van der Waals surface area contributed by atoms with Gasteiger partial charge in [0.1, 0.15) is 0 Å². The summed E-state index contributed by atoms with van der Waals surface area (Å²) in [7, 11) is -3.51. The topological polar surface area (TPSA) is 57.7 Å². The zero-order valence-electron chi connectivity index (χ0n) is 14.1. The third kappa shape index (κ3) is 4.33. The largest absolute Gasteiger partial charge is 0.337 e. The third-order valence-electron chi connectivity index (χ3n) is 4.22. The fraction of sp³-hybridized carbons (Fsp3) is 0.211. The van der Waals surface area contributed by atoms with Crippen molar-refractivity contribution in [2.24, 2.45) is 0 Å². The van der Waals surface area contributed by atoms with Crippen LogP contribution in [0.25, 0.3) is 6.08 Å². The van der Waals surface area contributed by atoms with Gasteiger partial charge >= 0.3 is 0 Å². The van der Waals surface area contributed by atoms with Crippen molar-refractivity contribution >= 4 is 33.6 Å². The SMILES string of the molecule is O=C(/C=C/c1ccc(Cl)cc1)N1CCN(S(=O)(=O)c2ccccc2)CC1. The lowest BCUT2D eigenvalue weighted by atomic mass is 10.2. The Bertz CT molecular complexity index is 888. The maximum atomic E-state index is 12.6. The van der Waals surface area contributed by atoms with Crippen molar-refractivity contribution in [3.8, 4) is 0 Å². The minimum atomic E-state index is -3.51. The summed E-state index contributed by atoms with van der Waals surface area (Å²) in [5, 5.41) is 0.643. The molecule has 1 fully saturated rings. The zero-order chi connectivity index (χ0) is 18.6. The van der Waals surface area contributed by atoms with Gasteiger partial charge in [-0.05, 0) is 35.9 Å². The fourth-order valence-corrected chi connectivity index (χ4v) is 4.31. The summed E-state index contributed by atoms with van der Waals surface area (Å²) in [6.07, 6.45) is 3.23. The van der Waals surface area contributed by atoms with Crippen LogP contribution in [0, 0.1) is 0 Å². The average molecular weight is 391 g/mol. The van der Waals surface area contributed by atoms with Gasteiger partial charge in [-0.3, -0.25) is 4.79 Å². The molecule has 2 aromatic rings. The van der Waals surface area contributed by atoms with Crippen molar-refractivity contribution in [2.45, 2.75) is 4.90 Å². The van der Waals surface area contributed by atoms with E-state index in [9.17, 15) is 13.2 Å². The van der Waals surface area contributed by atoms with Gasteiger partial charge in [-0.1, -0.05) is 41.9 Å². The molecule has 0 aliphatic carbocycles. The number of carbonyl (C=O) groups is 1. The van der Waals surface area contributed by atoms with Crippen LogP contribution in [0.5, 0.6) is 0 Å². The van der Waals surface area contributed by atoms with Crippen molar-refractivity contribution < 1.29 is 13.2 Å². The van der Waals surface area contributed by atoms with Crippen LogP contribution in [0.2, 0.25) is 5.02 Å². The summed E-state index contributed by atoms with van der Waals surface area (Å²) >= 11 is 5.84. The third-order valence-corrected chi connectivity index (χ3v) is 6.38. The molecule has 136 valence electrons. The van der Waals surface area contributed by atoms with Crippen LogP contribution < -0.4 is 0 Å². The Labute approximate surface area is 158 Å². The molecule has 3 rings (SSSR count). The summed E-state index contributed by atoms with van der Waals surface area (Å²) in [4.78, 5) is 14.2. The minimum absolute atomic E-state index is 0.128. The average Bonchev–Trinajstić information content (AvgIpc) is 2.68. The first-order valence-corrected chi connectivity index (χ1v) is 10.1. The first-order chi connectivity index (χ1) is 12.5. The summed E-state index contributed by atoms with van der Waals surface area (Å²) < 4.78 is 26.6. The van der Waals surface area contributed by atoms with Gasteiger partial charge < -0.3 is 4.90 Å². The molecular formula is C19H19ClN2O3S. The van der Waals surface area contributed by atoms with E-state index in [0.717, 1.165) is 5.56 Å². The Hall–Kier alpha value is -2.15. The maximum absolute atomic E-state index is 12.6. The van der Waals surface area contributed by atoms with Gasteiger partial charge in [0, 0.05) is 37.3 Å². The number of halogens is 1. The van der Waals surface area contributed by atoms with E-state index in [1.807, 2.05) is 12.1 Å². The van der Waals surface area contributed by atoms with E-state index in [4.69, 9.17) is 11.6 Å². The number of amides is 1. The normalized spacial score (nSPS) is 16.1. The number of hydrogen-bond acceptors (Lipinski definition) is 3. The number of carbonyl (C=O) groups excluding carboxylic acids is 1. The smallest absolute Gasteiger partial charge is 0.246 e. The lowest BCUT2D eigenvalue weighted by Gasteiger charge is -2.33. The molecule has 2 aromatic carbocycles. The predicted molar refractivity (Wildman–Crippen MR) is 102 cm³/mol. The monoisotopic (exact) mass is 390 g/mol. The molecule has 1 saturated heterocycles. The lowest BCUT2D eigenvalue weighted by molar-refractivity contribution is -0.127. The van der Waals surface area contributed by atoms with Crippen molar-refractivity contribution in [3.63, 3.8) is 0 Å². The second kappa shape index (κ2) is 8.03. The highest BCUT2D eigenvalue weighted by Gasteiger charge is 2.29. The Kier molecular flexibility index (Phi) is 5.76. The van der Waals surface area contributed by atoms with Crippen molar-refractivity contribution in [1.82, 2.24) is 9.21 Å². The Morgan fingerprint density at radius 1 is 0.923 bits per heavy atom. The van der Waals surface area contributed by atoms with Crippen LogP contribution in [-0.2, 0) is 14.8 Å². The highest BCUT2D eigenvalue weighted by molar-refractivity contribution is 7.89. The molecule has 0 aromatic heterocycles. The van der Waals surface area contributed by atoms with Crippen molar-refractivity contribution in [1.29, 1.82) is 0 Å². The van der Waals surface area contributed by atoms with Gasteiger partial charge in [-0.2, -0.15) is 4.31 Å². The van der Waals surface area contributed by atoms with Gasteiger partial charge in [-0.25, -0.2) is 8.42 Å². The molecule has 0 atom stereocenters. The molecule has 0 saturated carbocycles. The fourth-order valence-electron chi connectivity index (χ4n) is 2.74. The molecule has 0 N–H and O–H groups in total. The number of rotatable bonds is 4. The first kappa shape index (κ1) is 18.6. The molecular weight excluding hydrogens is 372 g/mol. The van der Waals surface area contributed by atoms with Crippen LogP contribution in [0.3, 0.4) is 0 Å². The van der Waals surface area contributed by atoms with Gasteiger partial charge in [0.25, 0.3) is 0 Å². The van der Waals surface area contributed by atoms with Gasteiger partial charge in [-0.15, -0.1) is 0 Å². The standard InChI is InChI=1S/C19H19ClN2O3S/c20-17-9-6-16(7-10-17)8-11-19(23)21-12-14-22(15-13-21)26(24,25)18-4-2-1-3-5-18/h1-11H,12-15H2/b11-8+. The second-order valence-electron chi connectivity index (χ2n) is 5.93. The molecule has 1 amide bonds. The molecule has 0 radical (unpaired) electrons. The molecule has 1 heterocycles. The van der Waals surface area contributed by atoms with E-state index in [0.29, 0.717) is 18.1 Å². The molecule has 5 nitrogen and oxygen atoms in total. The number of sulfonamides is 1. The minimum Gasteiger partial charge on any atom is -0.337 e. The Morgan fingerprint density at radius 3 is 2.15 bits per heavy atom. The zero-order valence-corrected chi connectivity index (χ0v) is 15.7. The molecule has 1 aliphatic rings. The van der Waals surface area contributed by atoms with Crippen LogP contribution in [0.1, 0.15) is 5.56 Å². The number of piperazine rings is 1. The molecule has 0 unspecified atom stereocenters. The molecule has 26 heavy (non-hydrogen) atoms. The summed E-state index contributed by atoms with van der Waals surface area (Å²) in [6, 6.07) is 15.5. The summed E-state index contributed by atoms with van der Waals surface area (Å²) in [5.74, 6) is -0.128. The highest BCUT2D eigenvalue weighted by atomic mass is 35.5. The quantitative estimate of drug-likeness (QED) is 0.754. The van der Waals surface area contributed by atoms with E-state index in [-0.39, 0.29) is 23.9 Å². The predicted octanol–water partition coefficient (Wildman–Crippen LogP) is 2.89. The highest BCUT2D eigenvalue weighted by Crippen LogP contribution is 2.17. The summed E-state index contributed by atoms with van der Waals surface area (Å²) in [5.41, 5.74) is 0.882. The second-order valence-corrected chi connectivity index (χ2v) is 8.30. The molecule has 0 bridgehead atoms. The lowest BCUT2D eigenvalue weighted by Crippen LogP contribution is -2.50. The van der Waals surface area contributed by atoms with Crippen LogP contribution in [0.4, 0.5) is 0 Å². The maximum Gasteiger partial charge on any atom is 0.246 e. The number of hydrogen-bond donors (Lipinski definition) is 0. The number of benzene rings is 2. The van der Waals surface area contributed by atoms with Crippen molar-refractivity contribution in [3.05, 3.63) is 71.3 Å². The number of nitrogens with zero attached hydrogens (tertiary/aromatic N) is 2. The van der Waals surface area contributed by atoms with Gasteiger partial charge in [0.05, 0.1) is 4.90 Å². The Balaban J connectivity index is 1.59. The summed E-state index contributed by atoms with van der Waals surface area (Å²) in [6.45, 7) is 1.32. The molecule has 7 heteroatoms. The first-order valence-electron chi connectivity index (χ1n) is 8.24. The van der Waals surface area contributed by atoms with Crippen LogP contribution in [0.15, 0.2) is 65.6 Å². The van der Waals surface area contributed by atoms with E-state index in [1.54, 1.807) is 53.4 Å².